The summed E-state index contributed by atoms with van der Waals surface area (Å²) in [5, 5.41) is 13.1. The van der Waals surface area contributed by atoms with Crippen molar-refractivity contribution in [1.29, 1.82) is 0 Å². The van der Waals surface area contributed by atoms with Gasteiger partial charge in [0.1, 0.15) is 0 Å². The fourth-order valence-electron chi connectivity index (χ4n) is 1.15. The number of alkyl halides is 3. The number of aromatic nitrogens is 2. The van der Waals surface area contributed by atoms with Crippen LogP contribution in [-0.2, 0) is 12.1 Å². The molecule has 15 heavy (non-hydrogen) atoms. The van der Waals surface area contributed by atoms with Gasteiger partial charge in [-0.25, -0.2) is 0 Å². The Balaban J connectivity index is 3.11. The standard InChI is InChI=1S/C8H12F3N3O/c1-2-14-4-6(3-13-14)7(15,5-12)8(9,10)11/h3-4,15H,2,5,12H2,1H3. The van der Waals surface area contributed by atoms with Gasteiger partial charge in [0.2, 0.25) is 5.60 Å². The van der Waals surface area contributed by atoms with Crippen LogP contribution in [0.25, 0.3) is 0 Å². The summed E-state index contributed by atoms with van der Waals surface area (Å²) in [6.07, 6.45) is -2.69. The lowest BCUT2D eigenvalue weighted by molar-refractivity contribution is -0.262. The average molecular weight is 223 g/mol. The smallest absolute Gasteiger partial charge is 0.375 e. The summed E-state index contributed by atoms with van der Waals surface area (Å²) in [5.74, 6) is 0. The van der Waals surface area contributed by atoms with Gasteiger partial charge in [0.05, 0.1) is 6.20 Å². The molecule has 0 fully saturated rings. The van der Waals surface area contributed by atoms with E-state index in [2.05, 4.69) is 5.10 Å². The van der Waals surface area contributed by atoms with Crippen LogP contribution in [-0.4, -0.2) is 27.6 Å². The summed E-state index contributed by atoms with van der Waals surface area (Å²) < 4.78 is 38.9. The van der Waals surface area contributed by atoms with Crippen molar-refractivity contribution in [2.24, 2.45) is 5.73 Å². The normalized spacial score (nSPS) is 16.4. The van der Waals surface area contributed by atoms with Crippen LogP contribution in [0.2, 0.25) is 0 Å². The molecule has 0 saturated carbocycles. The van der Waals surface area contributed by atoms with Crippen molar-refractivity contribution in [1.82, 2.24) is 9.78 Å². The minimum Gasteiger partial charge on any atom is -0.375 e. The van der Waals surface area contributed by atoms with E-state index in [0.717, 1.165) is 12.4 Å². The number of aryl methyl sites for hydroxylation is 1. The molecule has 3 N–H and O–H groups in total. The molecule has 0 aliphatic rings. The Kier molecular flexibility index (Phi) is 3.05. The molecule has 0 saturated heterocycles. The van der Waals surface area contributed by atoms with Gasteiger partial charge in [-0.15, -0.1) is 0 Å². The van der Waals surface area contributed by atoms with E-state index in [1.54, 1.807) is 6.92 Å². The van der Waals surface area contributed by atoms with Gasteiger partial charge in [0, 0.05) is 24.8 Å². The third-order valence-electron chi connectivity index (χ3n) is 2.20. The molecule has 1 unspecified atom stereocenters. The van der Waals surface area contributed by atoms with Gasteiger partial charge < -0.3 is 10.8 Å². The number of rotatable bonds is 3. The van der Waals surface area contributed by atoms with Gasteiger partial charge in [-0.1, -0.05) is 0 Å². The van der Waals surface area contributed by atoms with E-state index in [0.29, 0.717) is 6.54 Å². The number of hydrogen-bond acceptors (Lipinski definition) is 3. The lowest BCUT2D eigenvalue weighted by atomic mass is 9.96. The van der Waals surface area contributed by atoms with E-state index in [1.165, 1.54) is 4.68 Å². The lowest BCUT2D eigenvalue weighted by Gasteiger charge is -2.27. The fraction of sp³-hybridized carbons (Fsp3) is 0.625. The van der Waals surface area contributed by atoms with E-state index in [1.807, 2.05) is 0 Å². The first-order valence-electron chi connectivity index (χ1n) is 4.37. The Hall–Kier alpha value is -1.08. The fourth-order valence-corrected chi connectivity index (χ4v) is 1.15. The van der Waals surface area contributed by atoms with Crippen LogP contribution in [0, 0.1) is 0 Å². The molecule has 0 aliphatic heterocycles. The highest BCUT2D eigenvalue weighted by atomic mass is 19.4. The largest absolute Gasteiger partial charge is 0.422 e. The van der Waals surface area contributed by atoms with Gasteiger partial charge in [-0.2, -0.15) is 18.3 Å². The van der Waals surface area contributed by atoms with E-state index in [4.69, 9.17) is 5.73 Å². The molecule has 1 atom stereocenters. The van der Waals surface area contributed by atoms with Crippen LogP contribution in [0.1, 0.15) is 12.5 Å². The average Bonchev–Trinajstić information content (AvgIpc) is 2.63. The summed E-state index contributed by atoms with van der Waals surface area (Å²) in [6.45, 7) is 1.23. The minimum atomic E-state index is -4.80. The van der Waals surface area contributed by atoms with Crippen molar-refractivity contribution in [3.05, 3.63) is 18.0 Å². The van der Waals surface area contributed by atoms with E-state index >= 15 is 0 Å². The second-order valence-corrected chi connectivity index (χ2v) is 3.15. The van der Waals surface area contributed by atoms with Crippen molar-refractivity contribution in [3.8, 4) is 0 Å². The van der Waals surface area contributed by atoms with Crippen molar-refractivity contribution < 1.29 is 18.3 Å². The second kappa shape index (κ2) is 3.82. The topological polar surface area (TPSA) is 64.1 Å². The van der Waals surface area contributed by atoms with Gasteiger partial charge in [-0.3, -0.25) is 4.68 Å². The summed E-state index contributed by atoms with van der Waals surface area (Å²) in [4.78, 5) is 0. The van der Waals surface area contributed by atoms with Crippen molar-refractivity contribution in [3.63, 3.8) is 0 Å². The maximum Gasteiger partial charge on any atom is 0.422 e. The van der Waals surface area contributed by atoms with Crippen molar-refractivity contribution in [2.75, 3.05) is 6.54 Å². The van der Waals surface area contributed by atoms with E-state index in [9.17, 15) is 18.3 Å². The molecule has 0 aliphatic carbocycles. The molecule has 0 radical (unpaired) electrons. The summed E-state index contributed by atoms with van der Waals surface area (Å²) in [7, 11) is 0. The molecule has 7 heteroatoms. The number of hydrogen-bond donors (Lipinski definition) is 2. The molecule has 0 aromatic carbocycles. The van der Waals surface area contributed by atoms with Gasteiger partial charge >= 0.3 is 6.18 Å². The number of halogens is 3. The number of aliphatic hydroxyl groups is 1. The Morgan fingerprint density at radius 2 is 2.13 bits per heavy atom. The highest BCUT2D eigenvalue weighted by Gasteiger charge is 2.54. The first-order chi connectivity index (χ1) is 6.85. The lowest BCUT2D eigenvalue weighted by Crippen LogP contribution is -2.48. The van der Waals surface area contributed by atoms with E-state index < -0.39 is 18.3 Å². The van der Waals surface area contributed by atoms with Crippen LogP contribution < -0.4 is 5.73 Å². The molecule has 1 rings (SSSR count). The summed E-state index contributed by atoms with van der Waals surface area (Å²) >= 11 is 0. The molecule has 4 nitrogen and oxygen atoms in total. The second-order valence-electron chi connectivity index (χ2n) is 3.15. The highest BCUT2D eigenvalue weighted by Crippen LogP contribution is 2.37. The van der Waals surface area contributed by atoms with Crippen LogP contribution in [0.15, 0.2) is 12.4 Å². The zero-order chi connectivity index (χ0) is 11.7. The zero-order valence-electron chi connectivity index (χ0n) is 8.12. The molecule has 0 amide bonds. The summed E-state index contributed by atoms with van der Waals surface area (Å²) in [6, 6.07) is 0. The molecule has 86 valence electrons. The van der Waals surface area contributed by atoms with Crippen LogP contribution >= 0.6 is 0 Å². The molecule has 1 heterocycles. The van der Waals surface area contributed by atoms with Crippen LogP contribution in [0.5, 0.6) is 0 Å². The van der Waals surface area contributed by atoms with Gasteiger partial charge in [-0.05, 0) is 6.92 Å². The van der Waals surface area contributed by atoms with Crippen molar-refractivity contribution in [2.45, 2.75) is 25.2 Å². The Morgan fingerprint density at radius 3 is 2.47 bits per heavy atom. The molecule has 0 spiro atoms. The third kappa shape index (κ3) is 1.98. The van der Waals surface area contributed by atoms with Crippen LogP contribution in [0.3, 0.4) is 0 Å². The van der Waals surface area contributed by atoms with Crippen molar-refractivity contribution >= 4 is 0 Å². The molecule has 0 bridgehead atoms. The molecular formula is C8H12F3N3O. The Labute approximate surface area is 84.5 Å². The summed E-state index contributed by atoms with van der Waals surface area (Å²) in [5.41, 5.74) is 1.62. The Morgan fingerprint density at radius 1 is 1.53 bits per heavy atom. The predicted molar refractivity (Wildman–Crippen MR) is 46.9 cm³/mol. The minimum absolute atomic E-state index is 0.334. The first kappa shape index (κ1) is 12.0. The van der Waals surface area contributed by atoms with Gasteiger partial charge in [0.25, 0.3) is 0 Å². The maximum atomic E-state index is 12.5. The predicted octanol–water partition coefficient (Wildman–Crippen LogP) is 0.612. The van der Waals surface area contributed by atoms with Crippen LogP contribution in [0.4, 0.5) is 13.2 Å². The number of nitrogens with zero attached hydrogens (tertiary/aromatic N) is 2. The molecular weight excluding hydrogens is 211 g/mol. The maximum absolute atomic E-state index is 12.5. The zero-order valence-corrected chi connectivity index (χ0v) is 8.12. The molecule has 1 aromatic rings. The van der Waals surface area contributed by atoms with E-state index in [-0.39, 0.29) is 5.56 Å². The highest BCUT2D eigenvalue weighted by molar-refractivity contribution is 5.18. The van der Waals surface area contributed by atoms with Gasteiger partial charge in [0.15, 0.2) is 0 Å². The molecule has 1 aromatic heterocycles. The monoisotopic (exact) mass is 223 g/mol. The SMILES string of the molecule is CCn1cc(C(O)(CN)C(F)(F)F)cn1. The third-order valence-corrected chi connectivity index (χ3v) is 2.20. The Bertz CT molecular complexity index is 336. The number of nitrogens with two attached hydrogens (primary N) is 1. The first-order valence-corrected chi connectivity index (χ1v) is 4.37. The quantitative estimate of drug-likeness (QED) is 0.789.